The third-order valence-electron chi connectivity index (χ3n) is 3.13. The molecule has 0 aliphatic carbocycles. The van der Waals surface area contributed by atoms with Crippen molar-refractivity contribution in [1.29, 1.82) is 0 Å². The fraction of sp³-hybridized carbons (Fsp3) is 0.154. The Morgan fingerprint density at radius 3 is 2.79 bits per heavy atom. The van der Waals surface area contributed by atoms with Gasteiger partial charge in [-0.1, -0.05) is 29.5 Å². The molecule has 1 unspecified atom stereocenters. The molecule has 0 aliphatic rings. The zero-order valence-corrected chi connectivity index (χ0v) is 10.5. The Morgan fingerprint density at radius 2 is 2.05 bits per heavy atom. The molecule has 3 aromatic rings. The first-order valence-corrected chi connectivity index (χ1v) is 5.96. The molecule has 0 saturated heterocycles. The molecule has 96 valence electrons. The SMILES string of the molecule is Cn1nncc1C(NN)c1ccc2ccccc2n1. The molecule has 1 aromatic carbocycles. The minimum atomic E-state index is -0.232. The van der Waals surface area contributed by atoms with Crippen LogP contribution in [0.3, 0.4) is 0 Å². The fourth-order valence-electron chi connectivity index (χ4n) is 2.12. The number of para-hydroxylation sites is 1. The average Bonchev–Trinajstić information content (AvgIpc) is 2.86. The van der Waals surface area contributed by atoms with Gasteiger partial charge in [0, 0.05) is 12.4 Å². The molecule has 19 heavy (non-hydrogen) atoms. The van der Waals surface area contributed by atoms with Crippen LogP contribution in [0.2, 0.25) is 0 Å². The van der Waals surface area contributed by atoms with Gasteiger partial charge in [0.25, 0.3) is 0 Å². The molecule has 0 amide bonds. The summed E-state index contributed by atoms with van der Waals surface area (Å²) >= 11 is 0. The highest BCUT2D eigenvalue weighted by atomic mass is 15.4. The lowest BCUT2D eigenvalue weighted by molar-refractivity contribution is 0.561. The summed E-state index contributed by atoms with van der Waals surface area (Å²) in [6.45, 7) is 0. The van der Waals surface area contributed by atoms with Gasteiger partial charge in [0.1, 0.15) is 6.04 Å². The van der Waals surface area contributed by atoms with E-state index in [9.17, 15) is 0 Å². The van der Waals surface area contributed by atoms with Gasteiger partial charge in [-0.2, -0.15) is 0 Å². The number of fused-ring (bicyclic) bond motifs is 1. The van der Waals surface area contributed by atoms with Gasteiger partial charge in [0.2, 0.25) is 0 Å². The zero-order valence-electron chi connectivity index (χ0n) is 10.5. The monoisotopic (exact) mass is 254 g/mol. The minimum absolute atomic E-state index is 0.232. The standard InChI is InChI=1S/C13H14N6/c1-19-12(8-15-18-19)13(17-14)11-7-6-9-4-2-3-5-10(9)16-11/h2-8,13,17H,14H2,1H3. The first-order chi connectivity index (χ1) is 9.29. The Labute approximate surface area is 110 Å². The third kappa shape index (κ3) is 2.07. The van der Waals surface area contributed by atoms with Crippen LogP contribution in [0.25, 0.3) is 10.9 Å². The Bertz CT molecular complexity index is 705. The van der Waals surface area contributed by atoms with Gasteiger partial charge in [0.05, 0.1) is 23.1 Å². The molecule has 6 nitrogen and oxygen atoms in total. The van der Waals surface area contributed by atoms with Gasteiger partial charge in [-0.3, -0.25) is 15.5 Å². The second-order valence-electron chi connectivity index (χ2n) is 4.31. The molecule has 0 saturated carbocycles. The molecule has 2 heterocycles. The number of nitrogens with one attached hydrogen (secondary N) is 1. The van der Waals surface area contributed by atoms with Crippen LogP contribution in [0, 0.1) is 0 Å². The average molecular weight is 254 g/mol. The first kappa shape index (κ1) is 11.8. The maximum atomic E-state index is 5.65. The van der Waals surface area contributed by atoms with Crippen molar-refractivity contribution in [3.63, 3.8) is 0 Å². The Hall–Kier alpha value is -2.31. The largest absolute Gasteiger partial charge is 0.270 e. The quantitative estimate of drug-likeness (QED) is 0.536. The lowest BCUT2D eigenvalue weighted by atomic mass is 10.1. The Balaban J connectivity index is 2.09. The highest BCUT2D eigenvalue weighted by Crippen LogP contribution is 2.21. The van der Waals surface area contributed by atoms with Crippen LogP contribution in [0.4, 0.5) is 0 Å². The van der Waals surface area contributed by atoms with Crippen molar-refractivity contribution in [2.45, 2.75) is 6.04 Å². The summed E-state index contributed by atoms with van der Waals surface area (Å²) in [5.41, 5.74) is 5.41. The van der Waals surface area contributed by atoms with Gasteiger partial charge < -0.3 is 0 Å². The zero-order chi connectivity index (χ0) is 13.2. The Morgan fingerprint density at radius 1 is 1.21 bits per heavy atom. The third-order valence-corrected chi connectivity index (χ3v) is 3.13. The molecular weight excluding hydrogens is 240 g/mol. The van der Waals surface area contributed by atoms with Crippen LogP contribution < -0.4 is 11.3 Å². The number of hydrogen-bond acceptors (Lipinski definition) is 5. The van der Waals surface area contributed by atoms with E-state index in [0.29, 0.717) is 0 Å². The second kappa shape index (κ2) is 4.75. The summed E-state index contributed by atoms with van der Waals surface area (Å²) in [6, 6.07) is 11.7. The molecule has 0 bridgehead atoms. The van der Waals surface area contributed by atoms with Crippen molar-refractivity contribution in [3.05, 3.63) is 54.0 Å². The van der Waals surface area contributed by atoms with E-state index in [1.54, 1.807) is 10.9 Å². The van der Waals surface area contributed by atoms with E-state index in [0.717, 1.165) is 22.3 Å². The van der Waals surface area contributed by atoms with Crippen molar-refractivity contribution < 1.29 is 0 Å². The number of nitrogens with zero attached hydrogens (tertiary/aromatic N) is 4. The van der Waals surface area contributed by atoms with Crippen LogP contribution in [-0.4, -0.2) is 20.0 Å². The summed E-state index contributed by atoms with van der Waals surface area (Å²) < 4.78 is 1.68. The van der Waals surface area contributed by atoms with E-state index in [4.69, 9.17) is 5.84 Å². The minimum Gasteiger partial charge on any atom is -0.270 e. The molecular formula is C13H14N6. The molecule has 2 aromatic heterocycles. The van der Waals surface area contributed by atoms with Gasteiger partial charge in [-0.15, -0.1) is 5.10 Å². The van der Waals surface area contributed by atoms with E-state index in [-0.39, 0.29) is 6.04 Å². The molecule has 1 atom stereocenters. The predicted octanol–water partition coefficient (Wildman–Crippen LogP) is 0.916. The normalized spacial score (nSPS) is 12.7. The smallest absolute Gasteiger partial charge is 0.106 e. The number of pyridine rings is 1. The lowest BCUT2D eigenvalue weighted by Crippen LogP contribution is -2.31. The number of benzene rings is 1. The predicted molar refractivity (Wildman–Crippen MR) is 71.9 cm³/mol. The van der Waals surface area contributed by atoms with Crippen LogP contribution in [0.15, 0.2) is 42.6 Å². The molecule has 6 heteroatoms. The molecule has 0 aliphatic heterocycles. The van der Waals surface area contributed by atoms with Crippen molar-refractivity contribution in [2.75, 3.05) is 0 Å². The molecule has 3 rings (SSSR count). The fourth-order valence-corrected chi connectivity index (χ4v) is 2.12. The number of hydrogen-bond donors (Lipinski definition) is 2. The maximum Gasteiger partial charge on any atom is 0.106 e. The number of hydrazine groups is 1. The molecule has 0 spiro atoms. The summed E-state index contributed by atoms with van der Waals surface area (Å²) in [6.07, 6.45) is 1.68. The Kier molecular flexibility index (Phi) is 2.94. The van der Waals surface area contributed by atoms with E-state index in [1.165, 1.54) is 0 Å². The van der Waals surface area contributed by atoms with Gasteiger partial charge in [-0.25, -0.2) is 5.43 Å². The first-order valence-electron chi connectivity index (χ1n) is 5.96. The van der Waals surface area contributed by atoms with Crippen LogP contribution in [0.1, 0.15) is 17.4 Å². The van der Waals surface area contributed by atoms with E-state index < -0.39 is 0 Å². The number of nitrogens with two attached hydrogens (primary N) is 1. The highest BCUT2D eigenvalue weighted by Gasteiger charge is 2.18. The molecule has 0 fully saturated rings. The van der Waals surface area contributed by atoms with Crippen LogP contribution >= 0.6 is 0 Å². The van der Waals surface area contributed by atoms with Crippen LogP contribution in [0.5, 0.6) is 0 Å². The van der Waals surface area contributed by atoms with E-state index in [2.05, 4.69) is 20.7 Å². The van der Waals surface area contributed by atoms with Crippen molar-refractivity contribution in [2.24, 2.45) is 12.9 Å². The van der Waals surface area contributed by atoms with Gasteiger partial charge in [0.15, 0.2) is 0 Å². The van der Waals surface area contributed by atoms with E-state index >= 15 is 0 Å². The van der Waals surface area contributed by atoms with Crippen molar-refractivity contribution >= 4 is 10.9 Å². The van der Waals surface area contributed by atoms with E-state index in [1.807, 2.05) is 43.4 Å². The number of aromatic nitrogens is 4. The number of aryl methyl sites for hydroxylation is 1. The summed E-state index contributed by atoms with van der Waals surface area (Å²) in [5.74, 6) is 5.65. The molecule has 0 radical (unpaired) electrons. The lowest BCUT2D eigenvalue weighted by Gasteiger charge is -2.15. The van der Waals surface area contributed by atoms with Crippen LogP contribution in [-0.2, 0) is 7.05 Å². The van der Waals surface area contributed by atoms with Gasteiger partial charge in [-0.05, 0) is 12.1 Å². The topological polar surface area (TPSA) is 81.7 Å². The highest BCUT2D eigenvalue weighted by molar-refractivity contribution is 5.78. The molecule has 3 N–H and O–H groups in total. The van der Waals surface area contributed by atoms with Crippen molar-refractivity contribution in [3.8, 4) is 0 Å². The second-order valence-corrected chi connectivity index (χ2v) is 4.31. The van der Waals surface area contributed by atoms with Gasteiger partial charge >= 0.3 is 0 Å². The summed E-state index contributed by atoms with van der Waals surface area (Å²) in [7, 11) is 1.83. The summed E-state index contributed by atoms with van der Waals surface area (Å²) in [5, 5.41) is 8.89. The number of rotatable bonds is 3. The summed E-state index contributed by atoms with van der Waals surface area (Å²) in [4.78, 5) is 4.63. The van der Waals surface area contributed by atoms with Crippen molar-refractivity contribution in [1.82, 2.24) is 25.4 Å². The maximum absolute atomic E-state index is 5.65.